The van der Waals surface area contributed by atoms with E-state index in [4.69, 9.17) is 4.74 Å². The van der Waals surface area contributed by atoms with Crippen LogP contribution in [0, 0.1) is 0 Å². The van der Waals surface area contributed by atoms with Crippen molar-refractivity contribution in [2.75, 3.05) is 12.4 Å². The maximum Gasteiger partial charge on any atom is 0.217 e. The number of rotatable bonds is 3. The molecule has 0 spiro atoms. The van der Waals surface area contributed by atoms with Gasteiger partial charge in [0.1, 0.15) is 0 Å². The topological polar surface area (TPSA) is 63.2 Å². The van der Waals surface area contributed by atoms with Crippen molar-refractivity contribution in [3.05, 3.63) is 17.8 Å². The number of carbonyl (C=O) groups is 1. The number of nitrogens with zero attached hydrogens (tertiary/aromatic N) is 1. The first kappa shape index (κ1) is 12.7. The minimum Gasteiger partial charge on any atom is -0.481 e. The first-order chi connectivity index (χ1) is 8.63. The zero-order valence-corrected chi connectivity index (χ0v) is 11.0. The van der Waals surface area contributed by atoms with E-state index in [2.05, 4.69) is 22.5 Å². The summed E-state index contributed by atoms with van der Waals surface area (Å²) in [5.74, 6) is 0.535. The Kier molecular flexibility index (Phi) is 3.69. The number of fused-ring (bicyclic) bond motifs is 1. The Bertz CT molecular complexity index is 448. The van der Waals surface area contributed by atoms with E-state index in [1.54, 1.807) is 7.11 Å². The number of amides is 1. The molecular formula is C13H19N3O2. The minimum absolute atomic E-state index is 0.0349. The van der Waals surface area contributed by atoms with Crippen LogP contribution in [-0.4, -0.2) is 24.0 Å². The molecule has 0 saturated heterocycles. The van der Waals surface area contributed by atoms with Crippen molar-refractivity contribution in [1.82, 2.24) is 10.3 Å². The van der Waals surface area contributed by atoms with E-state index in [0.29, 0.717) is 11.9 Å². The van der Waals surface area contributed by atoms with Crippen molar-refractivity contribution in [2.24, 2.45) is 0 Å². The first-order valence-corrected chi connectivity index (χ1v) is 6.22. The Morgan fingerprint density at radius 3 is 3.00 bits per heavy atom. The molecule has 1 aliphatic rings. The Labute approximate surface area is 107 Å². The number of carbonyl (C=O) groups excluding carboxylic acids is 1. The van der Waals surface area contributed by atoms with Crippen molar-refractivity contribution in [3.8, 4) is 5.88 Å². The van der Waals surface area contributed by atoms with Crippen LogP contribution in [0.25, 0.3) is 0 Å². The maximum atomic E-state index is 11.3. The molecule has 18 heavy (non-hydrogen) atoms. The predicted octanol–water partition coefficient (Wildman–Crippen LogP) is 1.86. The normalized spacial score (nSPS) is 21.7. The maximum absolute atomic E-state index is 11.3. The summed E-state index contributed by atoms with van der Waals surface area (Å²) in [6.45, 7) is 3.66. The van der Waals surface area contributed by atoms with Gasteiger partial charge in [-0.25, -0.2) is 4.98 Å². The van der Waals surface area contributed by atoms with Crippen LogP contribution in [0.2, 0.25) is 0 Å². The third kappa shape index (κ3) is 2.55. The molecule has 0 aliphatic carbocycles. The Morgan fingerprint density at radius 1 is 1.61 bits per heavy atom. The Hall–Kier alpha value is -1.78. The number of aromatic nitrogens is 1. The first-order valence-electron chi connectivity index (χ1n) is 6.22. The molecule has 0 saturated carbocycles. The fourth-order valence-corrected chi connectivity index (χ4v) is 2.27. The molecular weight excluding hydrogens is 230 g/mol. The summed E-state index contributed by atoms with van der Waals surface area (Å²) in [4.78, 5) is 15.7. The van der Waals surface area contributed by atoms with E-state index in [1.807, 2.05) is 12.1 Å². The van der Waals surface area contributed by atoms with E-state index >= 15 is 0 Å². The molecule has 5 nitrogen and oxygen atoms in total. The summed E-state index contributed by atoms with van der Waals surface area (Å²) >= 11 is 0. The van der Waals surface area contributed by atoms with E-state index in [1.165, 1.54) is 6.92 Å². The lowest BCUT2D eigenvalue weighted by molar-refractivity contribution is -0.119. The molecule has 0 unspecified atom stereocenters. The van der Waals surface area contributed by atoms with Crippen molar-refractivity contribution in [3.63, 3.8) is 0 Å². The molecule has 2 rings (SSSR count). The van der Waals surface area contributed by atoms with Crippen LogP contribution in [0.1, 0.15) is 38.4 Å². The van der Waals surface area contributed by atoms with Gasteiger partial charge in [0.05, 0.1) is 24.5 Å². The van der Waals surface area contributed by atoms with Gasteiger partial charge in [0.15, 0.2) is 0 Å². The number of ether oxygens (including phenoxy) is 1. The molecule has 2 N–H and O–H groups in total. The number of methoxy groups -OCH3 is 1. The van der Waals surface area contributed by atoms with Crippen LogP contribution in [0.15, 0.2) is 12.1 Å². The second kappa shape index (κ2) is 5.25. The molecule has 0 bridgehead atoms. The van der Waals surface area contributed by atoms with Gasteiger partial charge >= 0.3 is 0 Å². The van der Waals surface area contributed by atoms with Crippen molar-refractivity contribution in [1.29, 1.82) is 0 Å². The Morgan fingerprint density at radius 2 is 2.39 bits per heavy atom. The van der Waals surface area contributed by atoms with Gasteiger partial charge in [-0.1, -0.05) is 6.92 Å². The average Bonchev–Trinajstić information content (AvgIpc) is 2.37. The lowest BCUT2D eigenvalue weighted by Gasteiger charge is -2.32. The van der Waals surface area contributed by atoms with E-state index in [0.717, 1.165) is 24.2 Å². The highest BCUT2D eigenvalue weighted by atomic mass is 16.5. The van der Waals surface area contributed by atoms with Crippen LogP contribution < -0.4 is 15.4 Å². The van der Waals surface area contributed by atoms with Gasteiger partial charge in [0.25, 0.3) is 0 Å². The minimum atomic E-state index is -0.0428. The lowest BCUT2D eigenvalue weighted by Crippen LogP contribution is -2.36. The van der Waals surface area contributed by atoms with Crippen LogP contribution in [0.3, 0.4) is 0 Å². The van der Waals surface area contributed by atoms with Gasteiger partial charge in [-0.3, -0.25) is 4.79 Å². The summed E-state index contributed by atoms with van der Waals surface area (Å²) in [6, 6.07) is 4.11. The van der Waals surface area contributed by atoms with Crippen molar-refractivity contribution >= 4 is 11.6 Å². The van der Waals surface area contributed by atoms with Crippen LogP contribution in [-0.2, 0) is 4.79 Å². The summed E-state index contributed by atoms with van der Waals surface area (Å²) < 4.78 is 5.14. The van der Waals surface area contributed by atoms with E-state index in [-0.39, 0.29) is 11.9 Å². The molecule has 1 aliphatic heterocycles. The highest BCUT2D eigenvalue weighted by Gasteiger charge is 2.27. The largest absolute Gasteiger partial charge is 0.481 e. The standard InChI is InChI=1S/C13H19N3O2/c1-4-9-7-11(14-8(2)17)13-10(15-9)5-6-12(16-13)18-3/h5-6,9,11,15H,4,7H2,1-3H3,(H,14,17)/t9-,11+/m1/s1. The number of anilines is 1. The van der Waals surface area contributed by atoms with Crippen LogP contribution >= 0.6 is 0 Å². The highest BCUT2D eigenvalue weighted by Crippen LogP contribution is 2.33. The third-order valence-corrected chi connectivity index (χ3v) is 3.19. The fraction of sp³-hybridized carbons (Fsp3) is 0.538. The third-order valence-electron chi connectivity index (χ3n) is 3.19. The zero-order chi connectivity index (χ0) is 13.1. The quantitative estimate of drug-likeness (QED) is 0.858. The molecule has 98 valence electrons. The predicted molar refractivity (Wildman–Crippen MR) is 69.7 cm³/mol. The molecule has 2 atom stereocenters. The van der Waals surface area contributed by atoms with E-state index < -0.39 is 0 Å². The molecule has 2 heterocycles. The lowest BCUT2D eigenvalue weighted by atomic mass is 9.95. The van der Waals surface area contributed by atoms with Crippen LogP contribution in [0.5, 0.6) is 5.88 Å². The molecule has 0 fully saturated rings. The molecule has 1 aromatic rings. The highest BCUT2D eigenvalue weighted by molar-refractivity contribution is 5.74. The molecule has 0 aromatic carbocycles. The van der Waals surface area contributed by atoms with Gasteiger partial charge in [0.2, 0.25) is 11.8 Å². The van der Waals surface area contributed by atoms with E-state index in [9.17, 15) is 4.79 Å². The SMILES string of the molecule is CC[C@@H]1C[C@H](NC(C)=O)c2nc(OC)ccc2N1. The van der Waals surface area contributed by atoms with Crippen molar-refractivity contribution < 1.29 is 9.53 Å². The number of nitrogens with one attached hydrogen (secondary N) is 2. The zero-order valence-electron chi connectivity index (χ0n) is 11.0. The van der Waals surface area contributed by atoms with Crippen molar-refractivity contribution in [2.45, 2.75) is 38.8 Å². The molecule has 1 amide bonds. The van der Waals surface area contributed by atoms with Gasteiger partial charge in [-0.15, -0.1) is 0 Å². The second-order valence-electron chi connectivity index (χ2n) is 4.52. The summed E-state index contributed by atoms with van der Waals surface area (Å²) in [5.41, 5.74) is 1.84. The molecule has 0 radical (unpaired) electrons. The Balaban J connectivity index is 2.33. The average molecular weight is 249 g/mol. The second-order valence-corrected chi connectivity index (χ2v) is 4.52. The number of pyridine rings is 1. The summed E-state index contributed by atoms with van der Waals surface area (Å²) in [6.07, 6.45) is 1.87. The van der Waals surface area contributed by atoms with Gasteiger partial charge < -0.3 is 15.4 Å². The monoisotopic (exact) mass is 249 g/mol. The summed E-state index contributed by atoms with van der Waals surface area (Å²) in [7, 11) is 1.59. The molecule has 1 aromatic heterocycles. The van der Waals surface area contributed by atoms with Gasteiger partial charge in [-0.2, -0.15) is 0 Å². The fourth-order valence-electron chi connectivity index (χ4n) is 2.27. The van der Waals surface area contributed by atoms with Crippen LogP contribution in [0.4, 0.5) is 5.69 Å². The smallest absolute Gasteiger partial charge is 0.217 e. The number of hydrogen-bond acceptors (Lipinski definition) is 4. The van der Waals surface area contributed by atoms with Gasteiger partial charge in [-0.05, 0) is 18.9 Å². The molecule has 5 heteroatoms. The summed E-state index contributed by atoms with van der Waals surface area (Å²) in [5, 5.41) is 6.39. The number of hydrogen-bond donors (Lipinski definition) is 2. The van der Waals surface area contributed by atoms with Gasteiger partial charge in [0, 0.05) is 19.0 Å².